The van der Waals surface area contributed by atoms with Crippen LogP contribution < -0.4 is 5.32 Å². The van der Waals surface area contributed by atoms with Gasteiger partial charge in [0.1, 0.15) is 5.82 Å². The highest BCUT2D eigenvalue weighted by molar-refractivity contribution is 7.98. The lowest BCUT2D eigenvalue weighted by molar-refractivity contribution is 0.592. The number of aryl methyl sites for hydroxylation is 1. The van der Waals surface area contributed by atoms with E-state index in [2.05, 4.69) is 20.6 Å². The Morgan fingerprint density at radius 3 is 2.59 bits per heavy atom. The van der Waals surface area contributed by atoms with Gasteiger partial charge in [0.2, 0.25) is 14.9 Å². The molecule has 0 saturated carbocycles. The van der Waals surface area contributed by atoms with E-state index in [0.29, 0.717) is 21.7 Å². The minimum atomic E-state index is -3.94. The molecule has 5 rings (SSSR count). The second kappa shape index (κ2) is 8.90. The van der Waals surface area contributed by atoms with Gasteiger partial charge >= 0.3 is 0 Å². The Hall–Kier alpha value is -3.14. The number of aromatic nitrogens is 4. The number of halogens is 1. The third-order valence-electron chi connectivity index (χ3n) is 5.51. The van der Waals surface area contributed by atoms with E-state index in [1.807, 2.05) is 37.4 Å². The second-order valence-corrected chi connectivity index (χ2v) is 10.8. The highest BCUT2D eigenvalue weighted by Crippen LogP contribution is 2.32. The average molecular weight is 510 g/mol. The summed E-state index contributed by atoms with van der Waals surface area (Å²) in [6.45, 7) is 2.01. The molecule has 3 aromatic carbocycles. The Morgan fingerprint density at radius 1 is 1.06 bits per heavy atom. The summed E-state index contributed by atoms with van der Waals surface area (Å²) in [6.07, 6.45) is 2.82. The van der Waals surface area contributed by atoms with Crippen LogP contribution >= 0.6 is 23.4 Å². The lowest BCUT2D eigenvalue weighted by atomic mass is 10.2. The quantitative estimate of drug-likeness (QED) is 0.290. The Labute approximate surface area is 206 Å². The number of nitrogens with zero attached hydrogens (tertiary/aromatic N) is 4. The van der Waals surface area contributed by atoms with E-state index < -0.39 is 9.84 Å². The molecule has 0 saturated heterocycles. The SMILES string of the molecule is CCc1ccc(S(=O)(=O)c2nnn3c2nc(Nc2cccc(SC)c2)c2cc(Cl)ccc23)cc1. The Bertz CT molecular complexity index is 1630. The minimum Gasteiger partial charge on any atom is -0.340 e. The Morgan fingerprint density at radius 2 is 1.85 bits per heavy atom. The first-order chi connectivity index (χ1) is 16.4. The molecule has 0 atom stereocenters. The van der Waals surface area contributed by atoms with Gasteiger partial charge in [0, 0.05) is 21.0 Å². The molecule has 0 spiro atoms. The smallest absolute Gasteiger partial charge is 0.229 e. The first-order valence-corrected chi connectivity index (χ1v) is 13.6. The summed E-state index contributed by atoms with van der Waals surface area (Å²) in [5.74, 6) is 0.461. The second-order valence-electron chi connectivity index (χ2n) is 7.61. The summed E-state index contributed by atoms with van der Waals surface area (Å²) in [5, 5.41) is 12.5. The van der Waals surface area contributed by atoms with Crippen molar-refractivity contribution >= 4 is 61.3 Å². The van der Waals surface area contributed by atoms with Crippen LogP contribution in [0.3, 0.4) is 0 Å². The highest BCUT2D eigenvalue weighted by Gasteiger charge is 2.27. The van der Waals surface area contributed by atoms with Gasteiger partial charge in [0.05, 0.1) is 10.4 Å². The van der Waals surface area contributed by atoms with Crippen molar-refractivity contribution in [2.75, 3.05) is 11.6 Å². The predicted molar refractivity (Wildman–Crippen MR) is 136 cm³/mol. The molecule has 172 valence electrons. The van der Waals surface area contributed by atoms with Gasteiger partial charge in [-0.15, -0.1) is 16.9 Å². The molecule has 0 radical (unpaired) electrons. The zero-order valence-electron chi connectivity index (χ0n) is 18.4. The molecule has 0 aliphatic heterocycles. The number of benzene rings is 3. The molecule has 0 bridgehead atoms. The van der Waals surface area contributed by atoms with E-state index in [1.54, 1.807) is 54.2 Å². The summed E-state index contributed by atoms with van der Waals surface area (Å²) in [5.41, 5.74) is 2.63. The topological polar surface area (TPSA) is 89.2 Å². The molecule has 7 nitrogen and oxygen atoms in total. The summed E-state index contributed by atoms with van der Waals surface area (Å²) >= 11 is 7.90. The Kier molecular flexibility index (Phi) is 5.93. The number of thioether (sulfide) groups is 1. The normalized spacial score (nSPS) is 11.9. The first-order valence-electron chi connectivity index (χ1n) is 10.5. The van der Waals surface area contributed by atoms with Crippen molar-refractivity contribution < 1.29 is 8.42 Å². The van der Waals surface area contributed by atoms with Crippen LogP contribution in [0.25, 0.3) is 16.6 Å². The summed E-state index contributed by atoms with van der Waals surface area (Å²) in [6, 6.07) is 19.9. The number of rotatable bonds is 6. The third kappa shape index (κ3) is 4.00. The lowest BCUT2D eigenvalue weighted by Crippen LogP contribution is -2.06. The molecule has 10 heteroatoms. The molecule has 0 aliphatic rings. The molecule has 5 aromatic rings. The number of anilines is 2. The van der Waals surface area contributed by atoms with Gasteiger partial charge in [-0.05, 0) is 66.8 Å². The van der Waals surface area contributed by atoms with Crippen molar-refractivity contribution in [3.63, 3.8) is 0 Å². The van der Waals surface area contributed by atoms with Crippen LogP contribution in [0.2, 0.25) is 5.02 Å². The molecular weight excluding hydrogens is 490 g/mol. The molecular formula is C24H20ClN5O2S2. The van der Waals surface area contributed by atoms with Crippen LogP contribution in [0.4, 0.5) is 11.5 Å². The van der Waals surface area contributed by atoms with E-state index in [4.69, 9.17) is 11.6 Å². The van der Waals surface area contributed by atoms with E-state index in [9.17, 15) is 8.42 Å². The maximum atomic E-state index is 13.5. The van der Waals surface area contributed by atoms with E-state index in [0.717, 1.165) is 22.6 Å². The molecule has 2 heterocycles. The molecule has 1 N–H and O–H groups in total. The van der Waals surface area contributed by atoms with E-state index in [-0.39, 0.29) is 15.6 Å². The molecule has 0 fully saturated rings. The van der Waals surface area contributed by atoms with Crippen LogP contribution in [0.5, 0.6) is 0 Å². The zero-order valence-corrected chi connectivity index (χ0v) is 20.7. The van der Waals surface area contributed by atoms with Crippen LogP contribution in [0.15, 0.2) is 81.5 Å². The van der Waals surface area contributed by atoms with Gasteiger partial charge in [0.25, 0.3) is 0 Å². The fourth-order valence-corrected chi connectivity index (χ4v) is 5.56. The van der Waals surface area contributed by atoms with Gasteiger partial charge in [-0.3, -0.25) is 0 Å². The van der Waals surface area contributed by atoms with E-state index in [1.165, 1.54) is 4.52 Å². The number of nitrogens with one attached hydrogen (secondary N) is 1. The van der Waals surface area contributed by atoms with Gasteiger partial charge < -0.3 is 5.32 Å². The van der Waals surface area contributed by atoms with Crippen LogP contribution in [0, 0.1) is 0 Å². The van der Waals surface area contributed by atoms with Crippen LogP contribution in [-0.2, 0) is 16.3 Å². The predicted octanol–water partition coefficient (Wildman–Crippen LogP) is 5.79. The van der Waals surface area contributed by atoms with E-state index >= 15 is 0 Å². The van der Waals surface area contributed by atoms with Crippen LogP contribution in [0.1, 0.15) is 12.5 Å². The van der Waals surface area contributed by atoms with Crippen molar-refractivity contribution in [1.29, 1.82) is 0 Å². The standard InChI is InChI=1S/C24H20ClN5O2S2/c1-3-15-7-10-19(11-8-15)34(31,32)24-23-27-22(26-17-5-4-6-18(14-17)33-2)20-13-16(25)9-12-21(20)30(23)29-28-24/h4-14H,3H2,1-2H3,(H,26,27). The maximum absolute atomic E-state index is 13.5. The number of hydrogen-bond acceptors (Lipinski definition) is 7. The summed E-state index contributed by atoms with van der Waals surface area (Å²) < 4.78 is 28.3. The minimum absolute atomic E-state index is 0.137. The lowest BCUT2D eigenvalue weighted by Gasteiger charge is -2.12. The Balaban J connectivity index is 1.71. The monoisotopic (exact) mass is 509 g/mol. The molecule has 0 aliphatic carbocycles. The number of sulfone groups is 1. The number of fused-ring (bicyclic) bond motifs is 3. The van der Waals surface area contributed by atoms with Gasteiger partial charge in [-0.1, -0.05) is 41.9 Å². The molecule has 34 heavy (non-hydrogen) atoms. The number of hydrogen-bond donors (Lipinski definition) is 1. The average Bonchev–Trinajstić information content (AvgIpc) is 3.29. The van der Waals surface area contributed by atoms with Gasteiger partial charge in [-0.25, -0.2) is 13.4 Å². The maximum Gasteiger partial charge on any atom is 0.229 e. The fourth-order valence-electron chi connectivity index (χ4n) is 3.69. The molecule has 0 amide bonds. The largest absolute Gasteiger partial charge is 0.340 e. The van der Waals surface area contributed by atoms with Crippen molar-refractivity contribution in [3.8, 4) is 0 Å². The van der Waals surface area contributed by atoms with Crippen molar-refractivity contribution in [2.24, 2.45) is 0 Å². The molecule has 0 unspecified atom stereocenters. The first kappa shape index (κ1) is 22.6. The molecule has 2 aromatic heterocycles. The van der Waals surface area contributed by atoms with Gasteiger partial charge in [0.15, 0.2) is 5.65 Å². The van der Waals surface area contributed by atoms with Crippen molar-refractivity contribution in [2.45, 2.75) is 28.2 Å². The van der Waals surface area contributed by atoms with Crippen molar-refractivity contribution in [1.82, 2.24) is 19.8 Å². The zero-order chi connectivity index (χ0) is 23.9. The fraction of sp³-hybridized carbons (Fsp3) is 0.125. The summed E-state index contributed by atoms with van der Waals surface area (Å²) in [7, 11) is -3.94. The van der Waals surface area contributed by atoms with Crippen LogP contribution in [-0.4, -0.2) is 34.5 Å². The highest BCUT2D eigenvalue weighted by atomic mass is 35.5. The van der Waals surface area contributed by atoms with Crippen molar-refractivity contribution in [3.05, 3.63) is 77.3 Å². The summed E-state index contributed by atoms with van der Waals surface area (Å²) in [4.78, 5) is 5.89. The third-order valence-corrected chi connectivity index (χ3v) is 8.13. The van der Waals surface area contributed by atoms with Gasteiger partial charge in [-0.2, -0.15) is 4.52 Å².